The van der Waals surface area contributed by atoms with E-state index in [4.69, 9.17) is 5.11 Å². The van der Waals surface area contributed by atoms with Crippen molar-refractivity contribution >= 4 is 5.97 Å². The molecule has 2 unspecified atom stereocenters. The Morgan fingerprint density at radius 2 is 1.82 bits per heavy atom. The third-order valence-corrected chi connectivity index (χ3v) is 3.51. The van der Waals surface area contributed by atoms with E-state index in [0.717, 1.165) is 12.0 Å². The molecule has 0 amide bonds. The molecule has 1 aromatic rings. The van der Waals surface area contributed by atoms with Crippen molar-refractivity contribution in [2.75, 3.05) is 0 Å². The number of carboxylic acids is 1. The molecule has 2 N–H and O–H groups in total. The van der Waals surface area contributed by atoms with Gasteiger partial charge in [0.15, 0.2) is 5.60 Å². The summed E-state index contributed by atoms with van der Waals surface area (Å²) in [7, 11) is 0. The van der Waals surface area contributed by atoms with Crippen LogP contribution in [0, 0.1) is 0 Å². The summed E-state index contributed by atoms with van der Waals surface area (Å²) in [6.07, 6.45) is 1.14. The van der Waals surface area contributed by atoms with Crippen LogP contribution in [-0.2, 0) is 11.2 Å². The summed E-state index contributed by atoms with van der Waals surface area (Å²) in [4.78, 5) is 11.1. The van der Waals surface area contributed by atoms with Gasteiger partial charge < -0.3 is 10.2 Å². The van der Waals surface area contributed by atoms with Crippen molar-refractivity contribution in [3.05, 3.63) is 35.4 Å². The Hall–Kier alpha value is -1.35. The Labute approximate surface area is 102 Å². The molecule has 0 heterocycles. The van der Waals surface area contributed by atoms with E-state index in [-0.39, 0.29) is 6.42 Å². The Bertz CT molecular complexity index is 383. The second-order valence-corrected chi connectivity index (χ2v) is 4.40. The second kappa shape index (κ2) is 5.32. The first kappa shape index (κ1) is 13.7. The predicted molar refractivity (Wildman–Crippen MR) is 67.1 cm³/mol. The van der Waals surface area contributed by atoms with Crippen molar-refractivity contribution in [2.24, 2.45) is 0 Å². The van der Waals surface area contributed by atoms with Crippen LogP contribution in [0.4, 0.5) is 0 Å². The van der Waals surface area contributed by atoms with Crippen molar-refractivity contribution < 1.29 is 15.0 Å². The molecular weight excluding hydrogens is 216 g/mol. The van der Waals surface area contributed by atoms with E-state index in [0.29, 0.717) is 0 Å². The van der Waals surface area contributed by atoms with Gasteiger partial charge in [0.05, 0.1) is 0 Å². The molecule has 0 saturated carbocycles. The maximum atomic E-state index is 11.1. The fourth-order valence-corrected chi connectivity index (χ4v) is 1.96. The zero-order valence-corrected chi connectivity index (χ0v) is 10.6. The number of hydrogen-bond donors (Lipinski definition) is 2. The molecule has 1 rings (SSSR count). The van der Waals surface area contributed by atoms with Crippen LogP contribution in [0.25, 0.3) is 0 Å². The van der Waals surface area contributed by atoms with Crippen molar-refractivity contribution in [3.63, 3.8) is 0 Å². The quantitative estimate of drug-likeness (QED) is 0.826. The topological polar surface area (TPSA) is 57.5 Å². The van der Waals surface area contributed by atoms with Crippen LogP contribution in [0.3, 0.4) is 0 Å². The molecule has 1 aromatic carbocycles. The zero-order valence-electron chi connectivity index (χ0n) is 10.6. The third kappa shape index (κ3) is 2.67. The van der Waals surface area contributed by atoms with Gasteiger partial charge in [0.2, 0.25) is 0 Å². The first-order valence-corrected chi connectivity index (χ1v) is 6.00. The van der Waals surface area contributed by atoms with Crippen LogP contribution in [-0.4, -0.2) is 21.8 Å². The number of hydrogen-bond acceptors (Lipinski definition) is 2. The second-order valence-electron chi connectivity index (χ2n) is 4.40. The molecule has 0 aliphatic heterocycles. The van der Waals surface area contributed by atoms with Crippen LogP contribution >= 0.6 is 0 Å². The Balaban J connectivity index is 3.01. The normalized spacial score (nSPS) is 16.2. The van der Waals surface area contributed by atoms with Gasteiger partial charge in [-0.2, -0.15) is 0 Å². The molecule has 94 valence electrons. The fourth-order valence-electron chi connectivity index (χ4n) is 1.96. The molecule has 2 atom stereocenters. The maximum absolute atomic E-state index is 11.1. The number of benzene rings is 1. The van der Waals surface area contributed by atoms with Gasteiger partial charge in [-0.15, -0.1) is 0 Å². The van der Waals surface area contributed by atoms with Gasteiger partial charge in [-0.05, 0) is 24.0 Å². The summed E-state index contributed by atoms with van der Waals surface area (Å²) in [6, 6.07) is 7.74. The van der Waals surface area contributed by atoms with E-state index >= 15 is 0 Å². The van der Waals surface area contributed by atoms with Crippen LogP contribution in [0.1, 0.15) is 44.2 Å². The van der Waals surface area contributed by atoms with Crippen LogP contribution in [0.5, 0.6) is 0 Å². The summed E-state index contributed by atoms with van der Waals surface area (Å²) in [6.45, 7) is 5.50. The molecule has 0 saturated heterocycles. The van der Waals surface area contributed by atoms with Crippen molar-refractivity contribution in [2.45, 2.75) is 45.1 Å². The average Bonchev–Trinajstić information content (AvgIpc) is 2.36. The maximum Gasteiger partial charge on any atom is 0.336 e. The van der Waals surface area contributed by atoms with E-state index in [2.05, 4.69) is 6.92 Å². The first-order chi connectivity index (χ1) is 7.95. The molecule has 0 aliphatic rings. The summed E-state index contributed by atoms with van der Waals surface area (Å²) in [5.74, 6) is -1.58. The summed E-state index contributed by atoms with van der Waals surface area (Å²) in [5, 5.41) is 19.3. The van der Waals surface area contributed by atoms with Crippen molar-refractivity contribution in [1.29, 1.82) is 0 Å². The highest BCUT2D eigenvalue weighted by Gasteiger charge is 2.40. The van der Waals surface area contributed by atoms with Gasteiger partial charge in [-0.25, -0.2) is 4.79 Å². The summed E-state index contributed by atoms with van der Waals surface area (Å²) in [5.41, 5.74) is 0.374. The lowest BCUT2D eigenvalue weighted by molar-refractivity contribution is -0.161. The molecule has 0 spiro atoms. The number of aryl methyl sites for hydroxylation is 1. The molecule has 0 aliphatic carbocycles. The zero-order chi connectivity index (χ0) is 13.1. The standard InChI is InChI=1S/C14H20O3/c1-4-11-6-8-12(9-7-11)10(3)14(17,5-2)13(15)16/h6-10,17H,4-5H2,1-3H3,(H,15,16). The highest BCUT2D eigenvalue weighted by atomic mass is 16.4. The Morgan fingerprint density at radius 1 is 1.29 bits per heavy atom. The highest BCUT2D eigenvalue weighted by molar-refractivity contribution is 5.78. The number of carbonyl (C=O) groups is 1. The molecule has 0 bridgehead atoms. The first-order valence-electron chi connectivity index (χ1n) is 6.00. The molecule has 3 heteroatoms. The number of carboxylic acid groups (broad SMARTS) is 1. The largest absolute Gasteiger partial charge is 0.479 e. The summed E-state index contributed by atoms with van der Waals surface area (Å²) >= 11 is 0. The minimum Gasteiger partial charge on any atom is -0.479 e. The molecule has 0 fully saturated rings. The monoisotopic (exact) mass is 236 g/mol. The Kier molecular flexibility index (Phi) is 4.29. The fraction of sp³-hybridized carbons (Fsp3) is 0.500. The van der Waals surface area contributed by atoms with E-state index in [1.807, 2.05) is 24.3 Å². The molecule has 0 radical (unpaired) electrons. The summed E-state index contributed by atoms with van der Waals surface area (Å²) < 4.78 is 0. The lowest BCUT2D eigenvalue weighted by atomic mass is 9.81. The number of aliphatic carboxylic acids is 1. The van der Waals surface area contributed by atoms with E-state index in [9.17, 15) is 9.90 Å². The van der Waals surface area contributed by atoms with Crippen LogP contribution in [0.2, 0.25) is 0 Å². The smallest absolute Gasteiger partial charge is 0.336 e. The van der Waals surface area contributed by atoms with Gasteiger partial charge in [-0.1, -0.05) is 45.0 Å². The number of rotatable bonds is 5. The van der Waals surface area contributed by atoms with Crippen LogP contribution in [0.15, 0.2) is 24.3 Å². The third-order valence-electron chi connectivity index (χ3n) is 3.51. The predicted octanol–water partition coefficient (Wildman–Crippen LogP) is 2.58. The van der Waals surface area contributed by atoms with Crippen molar-refractivity contribution in [1.82, 2.24) is 0 Å². The molecular formula is C14H20O3. The SMILES string of the molecule is CCc1ccc(C(C)C(O)(CC)C(=O)O)cc1. The molecule has 17 heavy (non-hydrogen) atoms. The average molecular weight is 236 g/mol. The van der Waals surface area contributed by atoms with Gasteiger partial charge in [-0.3, -0.25) is 0 Å². The van der Waals surface area contributed by atoms with Gasteiger partial charge in [0.1, 0.15) is 0 Å². The lowest BCUT2D eigenvalue weighted by Gasteiger charge is -2.29. The Morgan fingerprint density at radius 3 is 2.18 bits per heavy atom. The minimum absolute atomic E-state index is 0.193. The van der Waals surface area contributed by atoms with Crippen LogP contribution < -0.4 is 0 Å². The number of aliphatic hydroxyl groups is 1. The molecule has 3 nitrogen and oxygen atoms in total. The highest BCUT2D eigenvalue weighted by Crippen LogP contribution is 2.31. The van der Waals surface area contributed by atoms with Gasteiger partial charge >= 0.3 is 5.97 Å². The van der Waals surface area contributed by atoms with E-state index in [1.54, 1.807) is 13.8 Å². The molecule has 0 aromatic heterocycles. The van der Waals surface area contributed by atoms with Crippen molar-refractivity contribution in [3.8, 4) is 0 Å². The van der Waals surface area contributed by atoms with Gasteiger partial charge in [0.25, 0.3) is 0 Å². The van der Waals surface area contributed by atoms with Gasteiger partial charge in [0, 0.05) is 5.92 Å². The van der Waals surface area contributed by atoms with E-state index < -0.39 is 17.5 Å². The lowest BCUT2D eigenvalue weighted by Crippen LogP contribution is -2.42. The minimum atomic E-state index is -1.69. The van der Waals surface area contributed by atoms with E-state index in [1.165, 1.54) is 5.56 Å².